The number of amides is 2. The molecule has 2 aromatic heterocycles. The molecule has 8 heteroatoms. The van der Waals surface area contributed by atoms with Gasteiger partial charge in [-0.25, -0.2) is 9.78 Å². The van der Waals surface area contributed by atoms with E-state index in [0.717, 1.165) is 5.56 Å². The molecule has 0 aliphatic rings. The van der Waals surface area contributed by atoms with E-state index in [1.54, 1.807) is 42.5 Å². The van der Waals surface area contributed by atoms with Crippen molar-refractivity contribution < 1.29 is 13.7 Å². The first-order valence-electron chi connectivity index (χ1n) is 8.74. The Morgan fingerprint density at radius 2 is 1.71 bits per heavy atom. The van der Waals surface area contributed by atoms with Gasteiger partial charge in [0.15, 0.2) is 5.58 Å². The Bertz CT molecular complexity index is 1110. The Morgan fingerprint density at radius 3 is 2.39 bits per heavy atom. The fourth-order valence-corrected chi connectivity index (χ4v) is 2.62. The first kappa shape index (κ1) is 17.7. The summed E-state index contributed by atoms with van der Waals surface area (Å²) < 4.78 is 10.5. The van der Waals surface area contributed by atoms with Crippen molar-refractivity contribution in [3.8, 4) is 11.4 Å². The molecule has 2 N–H and O–H groups in total. The average molecular weight is 377 g/mol. The summed E-state index contributed by atoms with van der Waals surface area (Å²) in [5.74, 6) is 1.15. The molecule has 0 fully saturated rings. The van der Waals surface area contributed by atoms with Gasteiger partial charge in [0.25, 0.3) is 0 Å². The highest BCUT2D eigenvalue weighted by atomic mass is 16.5. The van der Waals surface area contributed by atoms with E-state index in [-0.39, 0.29) is 11.4 Å². The minimum absolute atomic E-state index is 0.183. The second-order valence-electron chi connectivity index (χ2n) is 7.36. The highest BCUT2D eigenvalue weighted by Gasteiger charge is 2.21. The standard InChI is InChI=1S/C20H19N5O3/c1-20(2,3)18-24-15-10-14(8-9-16(15)28-18)23-19(26)22-13-6-4-12(5-7-13)17-21-11-27-25-17/h4-11H,1-3H3,(H2,22,23,26). The Balaban J connectivity index is 1.44. The molecule has 0 bridgehead atoms. The van der Waals surface area contributed by atoms with Crippen molar-refractivity contribution in [3.05, 3.63) is 54.7 Å². The maximum atomic E-state index is 12.3. The lowest BCUT2D eigenvalue weighted by Gasteiger charge is -2.11. The van der Waals surface area contributed by atoms with Crippen LogP contribution in [0.2, 0.25) is 0 Å². The Labute approximate surface area is 161 Å². The van der Waals surface area contributed by atoms with Crippen LogP contribution >= 0.6 is 0 Å². The summed E-state index contributed by atoms with van der Waals surface area (Å²) in [6, 6.07) is 12.1. The molecule has 0 aliphatic heterocycles. The third-order valence-corrected chi connectivity index (χ3v) is 4.05. The molecular weight excluding hydrogens is 358 g/mol. The van der Waals surface area contributed by atoms with E-state index in [9.17, 15) is 4.79 Å². The molecule has 0 radical (unpaired) electrons. The lowest BCUT2D eigenvalue weighted by molar-refractivity contribution is 0.262. The zero-order chi connectivity index (χ0) is 19.7. The number of anilines is 2. The van der Waals surface area contributed by atoms with E-state index in [1.807, 2.05) is 20.8 Å². The van der Waals surface area contributed by atoms with Crippen LogP contribution in [0.4, 0.5) is 16.2 Å². The van der Waals surface area contributed by atoms with E-state index in [1.165, 1.54) is 6.39 Å². The van der Waals surface area contributed by atoms with Crippen molar-refractivity contribution in [1.29, 1.82) is 0 Å². The van der Waals surface area contributed by atoms with Crippen LogP contribution in [-0.4, -0.2) is 21.2 Å². The lowest BCUT2D eigenvalue weighted by atomic mass is 9.97. The number of rotatable bonds is 3. The number of hydrogen-bond acceptors (Lipinski definition) is 6. The number of nitrogens with one attached hydrogen (secondary N) is 2. The molecule has 142 valence electrons. The molecule has 0 saturated heterocycles. The van der Waals surface area contributed by atoms with Crippen molar-refractivity contribution in [3.63, 3.8) is 0 Å². The van der Waals surface area contributed by atoms with Gasteiger partial charge in [-0.2, -0.15) is 4.98 Å². The summed E-state index contributed by atoms with van der Waals surface area (Å²) in [4.78, 5) is 20.8. The summed E-state index contributed by atoms with van der Waals surface area (Å²) in [7, 11) is 0. The number of benzene rings is 2. The largest absolute Gasteiger partial charge is 0.440 e. The van der Waals surface area contributed by atoms with Gasteiger partial charge in [0, 0.05) is 22.4 Å². The number of aromatic nitrogens is 3. The van der Waals surface area contributed by atoms with Crippen molar-refractivity contribution in [1.82, 2.24) is 15.1 Å². The maximum absolute atomic E-state index is 12.3. The predicted molar refractivity (Wildman–Crippen MR) is 105 cm³/mol. The molecule has 4 rings (SSSR count). The van der Waals surface area contributed by atoms with E-state index >= 15 is 0 Å². The molecule has 0 saturated carbocycles. The van der Waals surface area contributed by atoms with Crippen molar-refractivity contribution in [2.24, 2.45) is 0 Å². The minimum Gasteiger partial charge on any atom is -0.440 e. The van der Waals surface area contributed by atoms with Gasteiger partial charge in [-0.3, -0.25) is 0 Å². The smallest absolute Gasteiger partial charge is 0.323 e. The number of carbonyl (C=O) groups is 1. The average Bonchev–Trinajstić information content (AvgIpc) is 3.31. The van der Waals surface area contributed by atoms with Crippen molar-refractivity contribution in [2.75, 3.05) is 10.6 Å². The highest BCUT2D eigenvalue weighted by Crippen LogP contribution is 2.27. The normalized spacial score (nSPS) is 11.5. The van der Waals surface area contributed by atoms with Gasteiger partial charge in [0.2, 0.25) is 18.1 Å². The fraction of sp³-hybridized carbons (Fsp3) is 0.200. The molecule has 2 amide bonds. The Hall–Kier alpha value is -3.68. The van der Waals surface area contributed by atoms with E-state index in [2.05, 4.69) is 25.8 Å². The van der Waals surface area contributed by atoms with Crippen LogP contribution < -0.4 is 10.6 Å². The zero-order valence-corrected chi connectivity index (χ0v) is 15.7. The second kappa shape index (κ2) is 6.80. The van der Waals surface area contributed by atoms with Crippen LogP contribution in [0.15, 0.2) is 57.8 Å². The zero-order valence-electron chi connectivity index (χ0n) is 15.7. The van der Waals surface area contributed by atoms with Gasteiger partial charge in [-0.1, -0.05) is 25.9 Å². The van der Waals surface area contributed by atoms with Gasteiger partial charge >= 0.3 is 6.03 Å². The van der Waals surface area contributed by atoms with Crippen molar-refractivity contribution >= 4 is 28.5 Å². The molecule has 28 heavy (non-hydrogen) atoms. The van der Waals surface area contributed by atoms with E-state index in [4.69, 9.17) is 8.94 Å². The molecule has 0 unspecified atom stereocenters. The first-order valence-corrected chi connectivity index (χ1v) is 8.74. The summed E-state index contributed by atoms with van der Waals surface area (Å²) in [6.45, 7) is 6.11. The van der Waals surface area contributed by atoms with Gasteiger partial charge in [-0.15, -0.1) is 0 Å². The number of nitrogens with zero attached hydrogens (tertiary/aromatic N) is 3. The summed E-state index contributed by atoms with van der Waals surface area (Å²) in [6.07, 6.45) is 1.27. The molecular formula is C20H19N5O3. The topological polar surface area (TPSA) is 106 Å². The first-order chi connectivity index (χ1) is 13.4. The van der Waals surface area contributed by atoms with Crippen LogP contribution in [-0.2, 0) is 5.41 Å². The van der Waals surface area contributed by atoms with Crippen LogP contribution in [0.25, 0.3) is 22.5 Å². The van der Waals surface area contributed by atoms with E-state index < -0.39 is 0 Å². The summed E-state index contributed by atoms with van der Waals surface area (Å²) >= 11 is 0. The molecule has 0 atom stereocenters. The number of urea groups is 1. The number of hydrogen-bond donors (Lipinski definition) is 2. The third kappa shape index (κ3) is 3.71. The van der Waals surface area contributed by atoms with Crippen LogP contribution in [0, 0.1) is 0 Å². The number of carbonyl (C=O) groups excluding carboxylic acids is 1. The molecule has 2 aromatic carbocycles. The SMILES string of the molecule is CC(C)(C)c1nc2cc(NC(=O)Nc3ccc(-c4ncon4)cc3)ccc2o1. The van der Waals surface area contributed by atoms with Crippen LogP contribution in [0.1, 0.15) is 26.7 Å². The molecule has 0 aliphatic carbocycles. The Morgan fingerprint density at radius 1 is 1.00 bits per heavy atom. The van der Waals surface area contributed by atoms with Gasteiger partial charge in [0.05, 0.1) is 0 Å². The molecule has 4 aromatic rings. The molecule has 2 heterocycles. The van der Waals surface area contributed by atoms with Gasteiger partial charge < -0.3 is 19.6 Å². The maximum Gasteiger partial charge on any atom is 0.323 e. The minimum atomic E-state index is -0.355. The number of fused-ring (bicyclic) bond motifs is 1. The van der Waals surface area contributed by atoms with E-state index in [0.29, 0.717) is 34.2 Å². The lowest BCUT2D eigenvalue weighted by Crippen LogP contribution is -2.19. The summed E-state index contributed by atoms with van der Waals surface area (Å²) in [5.41, 5.74) is 3.27. The second-order valence-corrected chi connectivity index (χ2v) is 7.36. The quantitative estimate of drug-likeness (QED) is 0.530. The fourth-order valence-electron chi connectivity index (χ4n) is 2.62. The van der Waals surface area contributed by atoms with Crippen LogP contribution in [0.3, 0.4) is 0 Å². The molecule has 8 nitrogen and oxygen atoms in total. The Kier molecular flexibility index (Phi) is 4.31. The van der Waals surface area contributed by atoms with Crippen LogP contribution in [0.5, 0.6) is 0 Å². The highest BCUT2D eigenvalue weighted by molar-refractivity contribution is 6.00. The van der Waals surface area contributed by atoms with Gasteiger partial charge in [0.1, 0.15) is 5.52 Å². The van der Waals surface area contributed by atoms with Crippen molar-refractivity contribution in [2.45, 2.75) is 26.2 Å². The monoisotopic (exact) mass is 377 g/mol. The third-order valence-electron chi connectivity index (χ3n) is 4.05. The molecule has 0 spiro atoms. The number of oxazole rings is 1. The van der Waals surface area contributed by atoms with Gasteiger partial charge in [-0.05, 0) is 42.5 Å². The predicted octanol–water partition coefficient (Wildman–Crippen LogP) is 4.82. The summed E-state index contributed by atoms with van der Waals surface area (Å²) in [5, 5.41) is 9.36.